The molecule has 2 rings (SSSR count). The number of hydrogen-bond donors (Lipinski definition) is 2. The summed E-state index contributed by atoms with van der Waals surface area (Å²) in [4.78, 5) is 27.9. The Morgan fingerprint density at radius 3 is 2.92 bits per heavy atom. The number of aromatic nitrogens is 1. The highest BCUT2D eigenvalue weighted by molar-refractivity contribution is 8.01. The number of thioether (sulfide) groups is 1. The standard InChI is InChI=1S/C16H15FN4O2S2/c1-10-15(24-6-5-18)25-16(20-10)21-14(23)9-19-13(22)8-11-3-2-4-12(17)7-11/h2-4,7H,6,8-9H2,1H3,(H,19,22)(H,20,21,23). The monoisotopic (exact) mass is 378 g/mol. The van der Waals surface area contributed by atoms with Crippen LogP contribution < -0.4 is 10.6 Å². The SMILES string of the molecule is Cc1nc(NC(=O)CNC(=O)Cc2cccc(F)c2)sc1SCC#N. The van der Waals surface area contributed by atoms with E-state index in [0.717, 1.165) is 9.90 Å². The highest BCUT2D eigenvalue weighted by atomic mass is 32.2. The van der Waals surface area contributed by atoms with Crippen molar-refractivity contribution in [1.82, 2.24) is 10.3 Å². The summed E-state index contributed by atoms with van der Waals surface area (Å²) in [6.07, 6.45) is -0.00362. The van der Waals surface area contributed by atoms with E-state index in [-0.39, 0.29) is 18.9 Å². The van der Waals surface area contributed by atoms with Crippen molar-refractivity contribution in [2.45, 2.75) is 17.6 Å². The number of benzene rings is 1. The number of thiazole rings is 1. The van der Waals surface area contributed by atoms with Crippen molar-refractivity contribution in [2.24, 2.45) is 0 Å². The van der Waals surface area contributed by atoms with E-state index in [1.807, 2.05) is 6.07 Å². The molecule has 0 bridgehead atoms. The molecule has 0 aliphatic rings. The molecule has 0 saturated heterocycles. The van der Waals surface area contributed by atoms with Gasteiger partial charge in [0.05, 0.1) is 34.7 Å². The number of carbonyl (C=O) groups is 2. The summed E-state index contributed by atoms with van der Waals surface area (Å²) in [6, 6.07) is 7.77. The molecular weight excluding hydrogens is 363 g/mol. The van der Waals surface area contributed by atoms with E-state index >= 15 is 0 Å². The fourth-order valence-corrected chi connectivity index (χ4v) is 3.72. The summed E-state index contributed by atoms with van der Waals surface area (Å²) in [5.74, 6) is -0.876. The first-order valence-corrected chi connectivity index (χ1v) is 9.06. The lowest BCUT2D eigenvalue weighted by Crippen LogP contribution is -2.33. The lowest BCUT2D eigenvalue weighted by Gasteiger charge is -2.05. The number of rotatable bonds is 7. The Labute approximate surface area is 152 Å². The quantitative estimate of drug-likeness (QED) is 0.722. The maximum absolute atomic E-state index is 13.1. The molecule has 0 saturated carbocycles. The van der Waals surface area contributed by atoms with Gasteiger partial charge >= 0.3 is 0 Å². The molecule has 1 heterocycles. The predicted molar refractivity (Wildman–Crippen MR) is 94.9 cm³/mol. The molecule has 0 radical (unpaired) electrons. The normalized spacial score (nSPS) is 10.1. The first kappa shape index (κ1) is 18.9. The highest BCUT2D eigenvalue weighted by Crippen LogP contribution is 2.31. The molecule has 25 heavy (non-hydrogen) atoms. The number of amides is 2. The fourth-order valence-electron chi connectivity index (χ4n) is 1.90. The van der Waals surface area contributed by atoms with Gasteiger partial charge in [-0.2, -0.15) is 5.26 Å². The summed E-state index contributed by atoms with van der Waals surface area (Å²) in [5.41, 5.74) is 1.28. The van der Waals surface area contributed by atoms with E-state index in [1.54, 1.807) is 13.0 Å². The Morgan fingerprint density at radius 2 is 2.20 bits per heavy atom. The minimum atomic E-state index is -0.410. The van der Waals surface area contributed by atoms with E-state index in [2.05, 4.69) is 15.6 Å². The highest BCUT2D eigenvalue weighted by Gasteiger charge is 2.12. The number of anilines is 1. The molecule has 0 unspecified atom stereocenters. The zero-order chi connectivity index (χ0) is 18.2. The molecule has 0 atom stereocenters. The molecule has 6 nitrogen and oxygen atoms in total. The second kappa shape index (κ2) is 9.15. The van der Waals surface area contributed by atoms with Crippen molar-refractivity contribution in [3.63, 3.8) is 0 Å². The topological polar surface area (TPSA) is 94.9 Å². The Hall–Kier alpha value is -2.44. The predicted octanol–water partition coefficient (Wildman–Crippen LogP) is 2.50. The zero-order valence-electron chi connectivity index (χ0n) is 13.3. The van der Waals surface area contributed by atoms with Gasteiger partial charge in [0.15, 0.2) is 5.13 Å². The summed E-state index contributed by atoms with van der Waals surface area (Å²) < 4.78 is 13.9. The van der Waals surface area contributed by atoms with Crippen LogP contribution in [0.1, 0.15) is 11.3 Å². The van der Waals surface area contributed by atoms with Crippen LogP contribution in [0, 0.1) is 24.1 Å². The molecular formula is C16H15FN4O2S2. The molecule has 2 amide bonds. The molecule has 0 aliphatic carbocycles. The first-order chi connectivity index (χ1) is 12.0. The minimum absolute atomic E-state index is 0.00362. The van der Waals surface area contributed by atoms with Crippen LogP contribution in [0.5, 0.6) is 0 Å². The number of hydrogen-bond acceptors (Lipinski definition) is 6. The maximum Gasteiger partial charge on any atom is 0.245 e. The van der Waals surface area contributed by atoms with Gasteiger partial charge in [-0.05, 0) is 24.6 Å². The van der Waals surface area contributed by atoms with Gasteiger partial charge in [0.2, 0.25) is 11.8 Å². The smallest absolute Gasteiger partial charge is 0.245 e. The van der Waals surface area contributed by atoms with E-state index in [9.17, 15) is 14.0 Å². The lowest BCUT2D eigenvalue weighted by atomic mass is 10.1. The second-order valence-corrected chi connectivity index (χ2v) is 7.21. The van der Waals surface area contributed by atoms with Gasteiger partial charge in [-0.3, -0.25) is 9.59 Å². The number of nitriles is 1. The van der Waals surface area contributed by atoms with Crippen LogP contribution >= 0.6 is 23.1 Å². The fraction of sp³-hybridized carbons (Fsp3) is 0.250. The molecule has 1 aromatic carbocycles. The third kappa shape index (κ3) is 6.17. The molecule has 0 spiro atoms. The Kier molecular flexibility index (Phi) is 6.91. The van der Waals surface area contributed by atoms with Crippen LogP contribution in [0.15, 0.2) is 28.5 Å². The number of halogens is 1. The second-order valence-electron chi connectivity index (χ2n) is 4.97. The van der Waals surface area contributed by atoms with Gasteiger partial charge in [0.25, 0.3) is 0 Å². The number of nitrogens with zero attached hydrogens (tertiary/aromatic N) is 2. The van der Waals surface area contributed by atoms with Crippen LogP contribution in [0.25, 0.3) is 0 Å². The molecule has 2 N–H and O–H groups in total. The Morgan fingerprint density at radius 1 is 1.40 bits per heavy atom. The van der Waals surface area contributed by atoms with E-state index < -0.39 is 11.7 Å². The Balaban J connectivity index is 1.80. The van der Waals surface area contributed by atoms with Crippen LogP contribution in [0.4, 0.5) is 9.52 Å². The van der Waals surface area contributed by atoms with Gasteiger partial charge in [-0.25, -0.2) is 9.37 Å². The van der Waals surface area contributed by atoms with E-state index in [4.69, 9.17) is 5.26 Å². The largest absolute Gasteiger partial charge is 0.347 e. The summed E-state index contributed by atoms with van der Waals surface area (Å²) in [7, 11) is 0. The van der Waals surface area contributed by atoms with Crippen molar-refractivity contribution in [2.75, 3.05) is 17.6 Å². The molecule has 130 valence electrons. The first-order valence-electron chi connectivity index (χ1n) is 7.26. The minimum Gasteiger partial charge on any atom is -0.347 e. The summed E-state index contributed by atoms with van der Waals surface area (Å²) in [5, 5.41) is 14.1. The van der Waals surface area contributed by atoms with Gasteiger partial charge in [0.1, 0.15) is 5.82 Å². The summed E-state index contributed by atoms with van der Waals surface area (Å²) >= 11 is 2.64. The molecule has 1 aromatic heterocycles. The third-order valence-corrected chi connectivity index (χ3v) is 5.27. The van der Waals surface area contributed by atoms with Gasteiger partial charge in [-0.15, -0.1) is 0 Å². The van der Waals surface area contributed by atoms with Crippen LogP contribution in [-0.4, -0.2) is 29.1 Å². The van der Waals surface area contributed by atoms with Crippen molar-refractivity contribution in [3.8, 4) is 6.07 Å². The third-order valence-electron chi connectivity index (χ3n) is 2.97. The van der Waals surface area contributed by atoms with Crippen LogP contribution in [-0.2, 0) is 16.0 Å². The van der Waals surface area contributed by atoms with Crippen molar-refractivity contribution in [3.05, 3.63) is 41.3 Å². The molecule has 9 heteroatoms. The number of nitrogens with one attached hydrogen (secondary N) is 2. The van der Waals surface area contributed by atoms with Crippen LogP contribution in [0.3, 0.4) is 0 Å². The number of aryl methyl sites for hydroxylation is 1. The van der Waals surface area contributed by atoms with Crippen LogP contribution in [0.2, 0.25) is 0 Å². The van der Waals surface area contributed by atoms with E-state index in [0.29, 0.717) is 16.4 Å². The van der Waals surface area contributed by atoms with Gasteiger partial charge < -0.3 is 10.6 Å². The maximum atomic E-state index is 13.1. The van der Waals surface area contributed by atoms with Gasteiger partial charge in [0, 0.05) is 0 Å². The molecule has 0 aliphatic heterocycles. The molecule has 2 aromatic rings. The lowest BCUT2D eigenvalue weighted by molar-refractivity contribution is -0.123. The summed E-state index contributed by atoms with van der Waals surface area (Å²) in [6.45, 7) is 1.60. The Bertz CT molecular complexity index is 817. The van der Waals surface area contributed by atoms with E-state index in [1.165, 1.54) is 41.3 Å². The number of carbonyl (C=O) groups excluding carboxylic acids is 2. The average Bonchev–Trinajstić information content (AvgIpc) is 2.90. The van der Waals surface area contributed by atoms with Crippen molar-refractivity contribution in [1.29, 1.82) is 5.26 Å². The molecule has 0 fully saturated rings. The van der Waals surface area contributed by atoms with Crippen molar-refractivity contribution < 1.29 is 14.0 Å². The average molecular weight is 378 g/mol. The van der Waals surface area contributed by atoms with Crippen molar-refractivity contribution >= 4 is 40.0 Å². The van der Waals surface area contributed by atoms with Gasteiger partial charge in [-0.1, -0.05) is 35.2 Å². The zero-order valence-corrected chi connectivity index (χ0v) is 15.0.